The Morgan fingerprint density at radius 1 is 1.15 bits per heavy atom. The number of morpholine rings is 1. The molecule has 0 bridgehead atoms. The molecular weight excluding hydrogens is 342 g/mol. The van der Waals surface area contributed by atoms with Crippen LogP contribution >= 0.6 is 0 Å². The van der Waals surface area contributed by atoms with Gasteiger partial charge in [0.05, 0.1) is 25.7 Å². The highest BCUT2D eigenvalue weighted by atomic mass is 16.5. The standard InChI is InChI=1S/C21H33N3O3/c1-15(2)20(24-9-11-27-12-10-24)14-22-21(26)13-19(23-17(4)25)18-7-5-16(3)6-8-18/h5-8,15,19-20H,9-14H2,1-4H3,(H,22,26)(H,23,25). The van der Waals surface area contributed by atoms with Gasteiger partial charge in [-0.25, -0.2) is 0 Å². The highest BCUT2D eigenvalue weighted by Crippen LogP contribution is 2.18. The first-order chi connectivity index (χ1) is 12.9. The lowest BCUT2D eigenvalue weighted by molar-refractivity contribution is -0.123. The molecule has 2 amide bonds. The molecule has 0 aliphatic carbocycles. The van der Waals surface area contributed by atoms with Gasteiger partial charge >= 0.3 is 0 Å². The van der Waals surface area contributed by atoms with E-state index in [-0.39, 0.29) is 30.3 Å². The van der Waals surface area contributed by atoms with Crippen LogP contribution in [0.4, 0.5) is 0 Å². The molecule has 2 rings (SSSR count). The number of hydrogen-bond donors (Lipinski definition) is 2. The van der Waals surface area contributed by atoms with E-state index in [1.54, 1.807) is 0 Å². The number of benzene rings is 1. The molecule has 2 atom stereocenters. The largest absolute Gasteiger partial charge is 0.379 e. The SMILES string of the molecule is CC(=O)NC(CC(=O)NCC(C(C)C)N1CCOCC1)c1ccc(C)cc1. The molecule has 150 valence electrons. The highest BCUT2D eigenvalue weighted by molar-refractivity contribution is 5.79. The lowest BCUT2D eigenvalue weighted by Crippen LogP contribution is -2.51. The molecular formula is C21H33N3O3. The van der Waals surface area contributed by atoms with Gasteiger partial charge in [-0.3, -0.25) is 14.5 Å². The van der Waals surface area contributed by atoms with Gasteiger partial charge in [-0.1, -0.05) is 43.7 Å². The molecule has 0 aromatic heterocycles. The summed E-state index contributed by atoms with van der Waals surface area (Å²) in [7, 11) is 0. The minimum absolute atomic E-state index is 0.0479. The smallest absolute Gasteiger partial charge is 0.222 e. The van der Waals surface area contributed by atoms with Gasteiger partial charge in [-0.15, -0.1) is 0 Å². The third-order valence-electron chi connectivity index (χ3n) is 5.04. The van der Waals surface area contributed by atoms with Crippen LogP contribution < -0.4 is 10.6 Å². The number of carbonyl (C=O) groups excluding carboxylic acids is 2. The van der Waals surface area contributed by atoms with Gasteiger partial charge < -0.3 is 15.4 Å². The van der Waals surface area contributed by atoms with Crippen molar-refractivity contribution >= 4 is 11.8 Å². The van der Waals surface area contributed by atoms with Crippen molar-refractivity contribution in [2.75, 3.05) is 32.8 Å². The van der Waals surface area contributed by atoms with Gasteiger partial charge in [-0.05, 0) is 18.4 Å². The summed E-state index contributed by atoms with van der Waals surface area (Å²) >= 11 is 0. The molecule has 1 aromatic rings. The Balaban J connectivity index is 1.95. The summed E-state index contributed by atoms with van der Waals surface area (Å²) in [5.41, 5.74) is 2.09. The van der Waals surface area contributed by atoms with Crippen LogP contribution in [0, 0.1) is 12.8 Å². The van der Waals surface area contributed by atoms with E-state index >= 15 is 0 Å². The summed E-state index contributed by atoms with van der Waals surface area (Å²) < 4.78 is 5.43. The van der Waals surface area contributed by atoms with E-state index < -0.39 is 0 Å². The van der Waals surface area contributed by atoms with E-state index in [2.05, 4.69) is 29.4 Å². The normalized spacial score (nSPS) is 17.4. The molecule has 6 nitrogen and oxygen atoms in total. The first kappa shape index (κ1) is 21.4. The molecule has 1 saturated heterocycles. The number of aryl methyl sites for hydroxylation is 1. The average Bonchev–Trinajstić information content (AvgIpc) is 2.62. The summed E-state index contributed by atoms with van der Waals surface area (Å²) in [6, 6.07) is 7.90. The molecule has 0 spiro atoms. The topological polar surface area (TPSA) is 70.7 Å². The molecule has 0 saturated carbocycles. The van der Waals surface area contributed by atoms with Gasteiger partial charge in [0.1, 0.15) is 0 Å². The van der Waals surface area contributed by atoms with Crippen LogP contribution in [0.5, 0.6) is 0 Å². The lowest BCUT2D eigenvalue weighted by atomic mass is 10.0. The van der Waals surface area contributed by atoms with Crippen LogP contribution in [0.2, 0.25) is 0 Å². The summed E-state index contributed by atoms with van der Waals surface area (Å²) in [6.07, 6.45) is 0.233. The van der Waals surface area contributed by atoms with Gasteiger partial charge in [-0.2, -0.15) is 0 Å². The van der Waals surface area contributed by atoms with Crippen molar-refractivity contribution in [2.45, 2.75) is 46.2 Å². The molecule has 1 aromatic carbocycles. The monoisotopic (exact) mass is 375 g/mol. The third kappa shape index (κ3) is 6.96. The van der Waals surface area contributed by atoms with Crippen molar-refractivity contribution in [1.82, 2.24) is 15.5 Å². The molecule has 2 unspecified atom stereocenters. The van der Waals surface area contributed by atoms with Crippen LogP contribution in [-0.2, 0) is 14.3 Å². The minimum Gasteiger partial charge on any atom is -0.379 e. The summed E-state index contributed by atoms with van der Waals surface area (Å²) in [5.74, 6) is 0.252. The average molecular weight is 376 g/mol. The molecule has 1 fully saturated rings. The second-order valence-electron chi connectivity index (χ2n) is 7.63. The van der Waals surface area contributed by atoms with Crippen molar-refractivity contribution < 1.29 is 14.3 Å². The summed E-state index contributed by atoms with van der Waals surface area (Å²) in [5, 5.41) is 5.97. The number of amides is 2. The van der Waals surface area contributed by atoms with E-state index in [0.29, 0.717) is 12.5 Å². The fourth-order valence-corrected chi connectivity index (χ4v) is 3.47. The molecule has 2 N–H and O–H groups in total. The first-order valence-electron chi connectivity index (χ1n) is 9.79. The van der Waals surface area contributed by atoms with Crippen molar-refractivity contribution in [3.63, 3.8) is 0 Å². The Labute approximate surface area is 162 Å². The predicted molar refractivity (Wildman–Crippen MR) is 106 cm³/mol. The molecule has 27 heavy (non-hydrogen) atoms. The Kier molecular flexibility index (Phi) is 8.25. The van der Waals surface area contributed by atoms with E-state index in [0.717, 1.165) is 37.4 Å². The third-order valence-corrected chi connectivity index (χ3v) is 5.04. The number of ether oxygens (including phenoxy) is 1. The molecule has 0 radical (unpaired) electrons. The number of nitrogens with zero attached hydrogens (tertiary/aromatic N) is 1. The van der Waals surface area contributed by atoms with Gasteiger partial charge in [0.15, 0.2) is 0 Å². The highest BCUT2D eigenvalue weighted by Gasteiger charge is 2.25. The maximum atomic E-state index is 12.6. The Hall–Kier alpha value is -1.92. The molecule has 1 aliphatic heterocycles. The molecule has 1 heterocycles. The zero-order chi connectivity index (χ0) is 19.8. The zero-order valence-corrected chi connectivity index (χ0v) is 17.0. The quantitative estimate of drug-likeness (QED) is 0.729. The zero-order valence-electron chi connectivity index (χ0n) is 17.0. The second kappa shape index (κ2) is 10.4. The van der Waals surface area contributed by atoms with Crippen LogP contribution in [0.25, 0.3) is 0 Å². The van der Waals surface area contributed by atoms with E-state index in [1.807, 2.05) is 31.2 Å². The maximum Gasteiger partial charge on any atom is 0.222 e. The van der Waals surface area contributed by atoms with Crippen molar-refractivity contribution in [3.8, 4) is 0 Å². The Morgan fingerprint density at radius 2 is 1.78 bits per heavy atom. The van der Waals surface area contributed by atoms with Crippen molar-refractivity contribution in [2.24, 2.45) is 5.92 Å². The van der Waals surface area contributed by atoms with E-state index in [9.17, 15) is 9.59 Å². The van der Waals surface area contributed by atoms with Crippen LogP contribution in [0.1, 0.15) is 44.4 Å². The van der Waals surface area contributed by atoms with Gasteiger partial charge in [0, 0.05) is 32.6 Å². The molecule has 1 aliphatic rings. The number of hydrogen-bond acceptors (Lipinski definition) is 4. The summed E-state index contributed by atoms with van der Waals surface area (Å²) in [6.45, 7) is 11.8. The van der Waals surface area contributed by atoms with E-state index in [4.69, 9.17) is 4.74 Å². The predicted octanol–water partition coefficient (Wildman–Crippen LogP) is 2.04. The van der Waals surface area contributed by atoms with Gasteiger partial charge in [0.2, 0.25) is 11.8 Å². The Morgan fingerprint density at radius 3 is 2.33 bits per heavy atom. The van der Waals surface area contributed by atoms with Crippen LogP contribution in [-0.4, -0.2) is 55.6 Å². The minimum atomic E-state index is -0.316. The number of rotatable bonds is 8. The van der Waals surface area contributed by atoms with Crippen LogP contribution in [0.15, 0.2) is 24.3 Å². The maximum absolute atomic E-state index is 12.6. The fraction of sp³-hybridized carbons (Fsp3) is 0.619. The summed E-state index contributed by atoms with van der Waals surface area (Å²) in [4.78, 5) is 26.5. The van der Waals surface area contributed by atoms with E-state index in [1.165, 1.54) is 6.92 Å². The van der Waals surface area contributed by atoms with Crippen molar-refractivity contribution in [1.29, 1.82) is 0 Å². The van der Waals surface area contributed by atoms with Crippen molar-refractivity contribution in [3.05, 3.63) is 35.4 Å². The number of nitrogens with one attached hydrogen (secondary N) is 2. The first-order valence-corrected chi connectivity index (χ1v) is 9.79. The second-order valence-corrected chi connectivity index (χ2v) is 7.63. The van der Waals surface area contributed by atoms with Gasteiger partial charge in [0.25, 0.3) is 0 Å². The number of carbonyl (C=O) groups is 2. The van der Waals surface area contributed by atoms with Crippen LogP contribution in [0.3, 0.4) is 0 Å². The molecule has 6 heteroatoms. The fourth-order valence-electron chi connectivity index (χ4n) is 3.47. The Bertz CT molecular complexity index is 610. The lowest BCUT2D eigenvalue weighted by Gasteiger charge is -2.37.